The molecule has 0 aromatic carbocycles. The van der Waals surface area contributed by atoms with Crippen LogP contribution in [0.3, 0.4) is 0 Å². The third kappa shape index (κ3) is 3.02. The number of carbonyl (C=O) groups excluding carboxylic acids is 1. The van der Waals surface area contributed by atoms with Crippen LogP contribution in [0.4, 0.5) is 5.95 Å². The monoisotopic (exact) mass is 301 g/mol. The molecule has 7 heteroatoms. The summed E-state index contributed by atoms with van der Waals surface area (Å²) in [5, 5.41) is 9.00. The fraction of sp³-hybridized carbons (Fsp3) is 0.600. The molecule has 1 amide bonds. The molecule has 0 aliphatic carbocycles. The van der Waals surface area contributed by atoms with Gasteiger partial charge in [-0.2, -0.15) is 5.26 Å². The number of nitrogens with zero attached hydrogens (tertiary/aromatic N) is 5. The minimum absolute atomic E-state index is 0.0972. The number of hydrogen-bond donors (Lipinski definition) is 0. The summed E-state index contributed by atoms with van der Waals surface area (Å²) in [6.45, 7) is 5.16. The van der Waals surface area contributed by atoms with E-state index in [0.717, 1.165) is 18.5 Å². The highest BCUT2D eigenvalue weighted by Gasteiger charge is 2.30. The molecular formula is C15H19N5O2. The maximum Gasteiger partial charge on any atom is 0.251 e. The first kappa shape index (κ1) is 14.7. The zero-order valence-electron chi connectivity index (χ0n) is 12.7. The van der Waals surface area contributed by atoms with E-state index in [4.69, 9.17) is 10.00 Å². The molecule has 0 saturated carbocycles. The topological polar surface area (TPSA) is 82.4 Å². The number of amides is 1. The maximum atomic E-state index is 12.3. The van der Waals surface area contributed by atoms with Gasteiger partial charge in [-0.05, 0) is 25.8 Å². The van der Waals surface area contributed by atoms with E-state index >= 15 is 0 Å². The van der Waals surface area contributed by atoms with Crippen LogP contribution in [-0.4, -0.2) is 59.7 Å². The van der Waals surface area contributed by atoms with Gasteiger partial charge in [-0.1, -0.05) is 0 Å². The Labute approximate surface area is 129 Å². The zero-order valence-corrected chi connectivity index (χ0v) is 12.7. The van der Waals surface area contributed by atoms with Crippen molar-refractivity contribution in [2.45, 2.75) is 25.9 Å². The number of piperazine rings is 1. The van der Waals surface area contributed by atoms with Crippen LogP contribution in [0, 0.1) is 18.3 Å². The van der Waals surface area contributed by atoms with Gasteiger partial charge in [0.1, 0.15) is 17.9 Å². The second-order valence-corrected chi connectivity index (χ2v) is 5.62. The Morgan fingerprint density at radius 3 is 2.77 bits per heavy atom. The second-order valence-electron chi connectivity index (χ2n) is 5.62. The summed E-state index contributed by atoms with van der Waals surface area (Å²) in [5.41, 5.74) is 1.15. The predicted octanol–water partition coefficient (Wildman–Crippen LogP) is 0.484. The molecule has 2 saturated heterocycles. The molecule has 0 bridgehead atoms. The molecule has 2 aliphatic heterocycles. The van der Waals surface area contributed by atoms with Crippen molar-refractivity contribution in [2.75, 3.05) is 37.7 Å². The Kier molecular flexibility index (Phi) is 4.20. The molecular weight excluding hydrogens is 282 g/mol. The van der Waals surface area contributed by atoms with Crippen LogP contribution in [0.1, 0.15) is 24.2 Å². The van der Waals surface area contributed by atoms with E-state index in [1.165, 1.54) is 0 Å². The van der Waals surface area contributed by atoms with Crippen molar-refractivity contribution >= 4 is 11.9 Å². The van der Waals surface area contributed by atoms with Crippen molar-refractivity contribution in [3.8, 4) is 6.07 Å². The lowest BCUT2D eigenvalue weighted by Gasteiger charge is -2.35. The van der Waals surface area contributed by atoms with Crippen LogP contribution in [0.2, 0.25) is 0 Å². The summed E-state index contributed by atoms with van der Waals surface area (Å²) in [6.07, 6.45) is 1.53. The van der Waals surface area contributed by atoms with Gasteiger partial charge >= 0.3 is 0 Å². The van der Waals surface area contributed by atoms with E-state index < -0.39 is 0 Å². The Hall–Kier alpha value is -2.20. The van der Waals surface area contributed by atoms with E-state index in [0.29, 0.717) is 44.4 Å². The van der Waals surface area contributed by atoms with E-state index in [9.17, 15) is 4.79 Å². The van der Waals surface area contributed by atoms with Crippen LogP contribution >= 0.6 is 0 Å². The fourth-order valence-electron chi connectivity index (χ4n) is 2.85. The van der Waals surface area contributed by atoms with Gasteiger partial charge in [0.25, 0.3) is 5.91 Å². The van der Waals surface area contributed by atoms with Crippen LogP contribution in [0.25, 0.3) is 0 Å². The number of aryl methyl sites for hydroxylation is 1. The van der Waals surface area contributed by atoms with Crippen LogP contribution in [0.15, 0.2) is 6.07 Å². The first-order chi connectivity index (χ1) is 10.7. The molecule has 1 aromatic rings. The molecule has 3 rings (SSSR count). The van der Waals surface area contributed by atoms with E-state index in [-0.39, 0.29) is 12.0 Å². The Morgan fingerprint density at radius 1 is 1.36 bits per heavy atom. The van der Waals surface area contributed by atoms with Crippen LogP contribution in [-0.2, 0) is 9.53 Å². The van der Waals surface area contributed by atoms with Crippen molar-refractivity contribution in [1.29, 1.82) is 5.26 Å². The SMILES string of the molecule is Cc1cc(C#N)nc(N2CCN(C(=O)C3CCCO3)CC2)n1. The highest BCUT2D eigenvalue weighted by molar-refractivity contribution is 5.81. The number of anilines is 1. The lowest BCUT2D eigenvalue weighted by atomic mass is 10.2. The molecule has 2 aliphatic rings. The smallest absolute Gasteiger partial charge is 0.251 e. The highest BCUT2D eigenvalue weighted by atomic mass is 16.5. The van der Waals surface area contributed by atoms with Gasteiger partial charge in [0.05, 0.1) is 0 Å². The molecule has 1 atom stereocenters. The number of aromatic nitrogens is 2. The minimum atomic E-state index is -0.257. The average molecular weight is 301 g/mol. The van der Waals surface area contributed by atoms with Gasteiger partial charge in [0, 0.05) is 38.5 Å². The van der Waals surface area contributed by atoms with E-state index in [1.807, 2.05) is 16.7 Å². The average Bonchev–Trinajstić information content (AvgIpc) is 3.08. The van der Waals surface area contributed by atoms with Crippen molar-refractivity contribution in [3.63, 3.8) is 0 Å². The number of carbonyl (C=O) groups is 1. The van der Waals surface area contributed by atoms with Crippen molar-refractivity contribution in [1.82, 2.24) is 14.9 Å². The molecule has 2 fully saturated rings. The maximum absolute atomic E-state index is 12.3. The first-order valence-electron chi connectivity index (χ1n) is 7.58. The number of hydrogen-bond acceptors (Lipinski definition) is 6. The summed E-state index contributed by atoms with van der Waals surface area (Å²) in [6, 6.07) is 3.72. The highest BCUT2D eigenvalue weighted by Crippen LogP contribution is 2.17. The molecule has 0 N–H and O–H groups in total. The molecule has 7 nitrogen and oxygen atoms in total. The lowest BCUT2D eigenvalue weighted by Crippen LogP contribution is -2.51. The molecule has 116 valence electrons. The molecule has 1 unspecified atom stereocenters. The normalized spacial score (nSPS) is 21.7. The van der Waals surface area contributed by atoms with Crippen LogP contribution in [0.5, 0.6) is 0 Å². The Balaban J connectivity index is 1.63. The van der Waals surface area contributed by atoms with Gasteiger partial charge in [-0.25, -0.2) is 9.97 Å². The standard InChI is InChI=1S/C15H19N5O2/c1-11-9-12(10-16)18-15(17-11)20-6-4-19(5-7-20)14(21)13-3-2-8-22-13/h9,13H,2-8H2,1H3. The fourth-order valence-corrected chi connectivity index (χ4v) is 2.85. The third-order valence-electron chi connectivity index (χ3n) is 4.04. The van der Waals surface area contributed by atoms with Gasteiger partial charge in [0.15, 0.2) is 0 Å². The lowest BCUT2D eigenvalue weighted by molar-refractivity contribution is -0.141. The Bertz CT molecular complexity index is 598. The number of nitriles is 1. The summed E-state index contributed by atoms with van der Waals surface area (Å²) in [5.74, 6) is 0.667. The van der Waals surface area contributed by atoms with Crippen molar-refractivity contribution < 1.29 is 9.53 Å². The summed E-state index contributed by atoms with van der Waals surface area (Å²) >= 11 is 0. The zero-order chi connectivity index (χ0) is 15.5. The van der Waals surface area contributed by atoms with Gasteiger partial charge < -0.3 is 14.5 Å². The van der Waals surface area contributed by atoms with Crippen LogP contribution < -0.4 is 4.90 Å². The quantitative estimate of drug-likeness (QED) is 0.790. The minimum Gasteiger partial charge on any atom is -0.368 e. The summed E-state index contributed by atoms with van der Waals surface area (Å²) in [7, 11) is 0. The number of rotatable bonds is 2. The molecule has 1 aromatic heterocycles. The van der Waals surface area contributed by atoms with E-state index in [2.05, 4.69) is 16.0 Å². The largest absolute Gasteiger partial charge is 0.368 e. The molecule has 22 heavy (non-hydrogen) atoms. The van der Waals surface area contributed by atoms with Crippen molar-refractivity contribution in [2.24, 2.45) is 0 Å². The Morgan fingerprint density at radius 2 is 2.14 bits per heavy atom. The van der Waals surface area contributed by atoms with E-state index in [1.54, 1.807) is 6.07 Å². The second kappa shape index (κ2) is 6.28. The third-order valence-corrected chi connectivity index (χ3v) is 4.04. The van der Waals surface area contributed by atoms with Crippen molar-refractivity contribution in [3.05, 3.63) is 17.5 Å². The van der Waals surface area contributed by atoms with Gasteiger partial charge in [-0.3, -0.25) is 4.79 Å². The molecule has 0 spiro atoms. The van der Waals surface area contributed by atoms with Gasteiger partial charge in [-0.15, -0.1) is 0 Å². The summed E-state index contributed by atoms with van der Waals surface area (Å²) in [4.78, 5) is 24.8. The number of ether oxygens (including phenoxy) is 1. The molecule has 3 heterocycles. The first-order valence-corrected chi connectivity index (χ1v) is 7.58. The molecule has 0 radical (unpaired) electrons. The van der Waals surface area contributed by atoms with Gasteiger partial charge in [0.2, 0.25) is 5.95 Å². The predicted molar refractivity (Wildman–Crippen MR) is 79.3 cm³/mol. The summed E-state index contributed by atoms with van der Waals surface area (Å²) < 4.78 is 5.46.